The molecule has 1 atom stereocenters. The molecule has 0 fully saturated rings. The van der Waals surface area contributed by atoms with Gasteiger partial charge in [0.15, 0.2) is 0 Å². The molecule has 0 spiro atoms. The Kier molecular flexibility index (Phi) is 5.40. The van der Waals surface area contributed by atoms with Crippen LogP contribution in [-0.2, 0) is 6.61 Å². The predicted molar refractivity (Wildman–Crippen MR) is 114 cm³/mol. The molecule has 0 aliphatic rings. The number of nitrogens with one attached hydrogen (secondary N) is 2. The van der Waals surface area contributed by atoms with E-state index in [4.69, 9.17) is 0 Å². The van der Waals surface area contributed by atoms with Crippen molar-refractivity contribution in [3.05, 3.63) is 77.9 Å². The SMILES string of the molecule is Cc1cc(-n2ncc3cc(NC(=O)N[C@H](C)c4ccccc4)nc(CO)c32)ccn1. The molecule has 0 bridgehead atoms. The highest BCUT2D eigenvalue weighted by Gasteiger charge is 2.15. The second-order valence-corrected chi connectivity index (χ2v) is 6.99. The van der Waals surface area contributed by atoms with Gasteiger partial charge in [-0.2, -0.15) is 5.10 Å². The molecule has 1 aromatic carbocycles. The number of urea groups is 1. The summed E-state index contributed by atoms with van der Waals surface area (Å²) in [5, 5.41) is 20.7. The van der Waals surface area contributed by atoms with Gasteiger partial charge < -0.3 is 10.4 Å². The van der Waals surface area contributed by atoms with Gasteiger partial charge in [-0.3, -0.25) is 10.3 Å². The highest BCUT2D eigenvalue weighted by molar-refractivity contribution is 5.92. The predicted octanol–water partition coefficient (Wildman–Crippen LogP) is 3.50. The Morgan fingerprint density at radius 1 is 1.20 bits per heavy atom. The zero-order valence-electron chi connectivity index (χ0n) is 16.7. The van der Waals surface area contributed by atoms with E-state index in [0.717, 1.165) is 22.3 Å². The number of carbonyl (C=O) groups is 1. The number of rotatable bonds is 5. The second-order valence-electron chi connectivity index (χ2n) is 6.99. The lowest BCUT2D eigenvalue weighted by Gasteiger charge is -2.15. The third-order valence-corrected chi connectivity index (χ3v) is 4.78. The number of aryl methyl sites for hydroxylation is 1. The molecule has 152 valence electrons. The van der Waals surface area contributed by atoms with Crippen molar-refractivity contribution in [2.24, 2.45) is 0 Å². The number of benzene rings is 1. The molecule has 3 heterocycles. The summed E-state index contributed by atoms with van der Waals surface area (Å²) in [5.74, 6) is 0.342. The van der Waals surface area contributed by atoms with Crippen LogP contribution in [0.25, 0.3) is 16.6 Å². The molecule has 0 saturated heterocycles. The van der Waals surface area contributed by atoms with Crippen LogP contribution in [0.15, 0.2) is 60.9 Å². The summed E-state index contributed by atoms with van der Waals surface area (Å²) in [4.78, 5) is 21.1. The van der Waals surface area contributed by atoms with Crippen molar-refractivity contribution in [1.29, 1.82) is 0 Å². The lowest BCUT2D eigenvalue weighted by atomic mass is 10.1. The molecule has 2 amide bonds. The van der Waals surface area contributed by atoms with E-state index in [2.05, 4.69) is 25.7 Å². The number of amides is 2. The number of anilines is 1. The van der Waals surface area contributed by atoms with E-state index in [1.807, 2.05) is 56.3 Å². The maximum Gasteiger partial charge on any atom is 0.320 e. The first-order valence-corrected chi connectivity index (χ1v) is 9.59. The molecule has 0 aliphatic heterocycles. The Balaban J connectivity index is 1.59. The first-order chi connectivity index (χ1) is 14.5. The van der Waals surface area contributed by atoms with Crippen LogP contribution < -0.4 is 10.6 Å². The normalized spacial score (nSPS) is 12.0. The van der Waals surface area contributed by atoms with Crippen molar-refractivity contribution in [2.75, 3.05) is 5.32 Å². The van der Waals surface area contributed by atoms with Crippen molar-refractivity contribution in [1.82, 2.24) is 25.1 Å². The van der Waals surface area contributed by atoms with Crippen LogP contribution in [0.5, 0.6) is 0 Å². The van der Waals surface area contributed by atoms with E-state index in [0.29, 0.717) is 17.0 Å². The Bertz CT molecular complexity index is 1190. The number of pyridine rings is 2. The first-order valence-electron chi connectivity index (χ1n) is 9.59. The van der Waals surface area contributed by atoms with E-state index in [1.165, 1.54) is 0 Å². The Morgan fingerprint density at radius 3 is 2.73 bits per heavy atom. The molecular formula is C22H22N6O2. The van der Waals surface area contributed by atoms with Crippen molar-refractivity contribution in [2.45, 2.75) is 26.5 Å². The van der Waals surface area contributed by atoms with Gasteiger partial charge in [-0.25, -0.2) is 14.5 Å². The summed E-state index contributed by atoms with van der Waals surface area (Å²) in [7, 11) is 0. The number of aliphatic hydroxyl groups excluding tert-OH is 1. The summed E-state index contributed by atoms with van der Waals surface area (Å²) in [5.41, 5.74) is 3.79. The number of carbonyl (C=O) groups excluding carboxylic acids is 1. The smallest absolute Gasteiger partial charge is 0.320 e. The highest BCUT2D eigenvalue weighted by atomic mass is 16.3. The fourth-order valence-corrected chi connectivity index (χ4v) is 3.34. The van der Waals surface area contributed by atoms with Crippen molar-refractivity contribution >= 4 is 22.8 Å². The minimum absolute atomic E-state index is 0.162. The average Bonchev–Trinajstić information content (AvgIpc) is 3.17. The van der Waals surface area contributed by atoms with Crippen LogP contribution in [0.1, 0.15) is 29.9 Å². The Labute approximate surface area is 173 Å². The molecule has 3 aromatic heterocycles. The monoisotopic (exact) mass is 402 g/mol. The number of hydrogen-bond donors (Lipinski definition) is 3. The second kappa shape index (κ2) is 8.30. The van der Waals surface area contributed by atoms with E-state index in [-0.39, 0.29) is 18.7 Å². The average molecular weight is 402 g/mol. The van der Waals surface area contributed by atoms with Gasteiger partial charge in [0.2, 0.25) is 0 Å². The maximum atomic E-state index is 12.4. The quantitative estimate of drug-likeness (QED) is 0.474. The zero-order valence-corrected chi connectivity index (χ0v) is 16.7. The molecule has 30 heavy (non-hydrogen) atoms. The molecule has 0 aliphatic carbocycles. The van der Waals surface area contributed by atoms with E-state index >= 15 is 0 Å². The fourth-order valence-electron chi connectivity index (χ4n) is 3.34. The van der Waals surface area contributed by atoms with Gasteiger partial charge in [-0.15, -0.1) is 0 Å². The number of fused-ring (bicyclic) bond motifs is 1. The molecule has 0 saturated carbocycles. The van der Waals surface area contributed by atoms with Gasteiger partial charge in [-0.1, -0.05) is 30.3 Å². The fraction of sp³-hybridized carbons (Fsp3) is 0.182. The zero-order chi connectivity index (χ0) is 21.1. The van der Waals surface area contributed by atoms with Gasteiger partial charge >= 0.3 is 6.03 Å². The van der Waals surface area contributed by atoms with Gasteiger partial charge in [0, 0.05) is 17.3 Å². The van der Waals surface area contributed by atoms with Crippen LogP contribution in [-0.4, -0.2) is 30.9 Å². The van der Waals surface area contributed by atoms with Crippen LogP contribution in [0.3, 0.4) is 0 Å². The van der Waals surface area contributed by atoms with Crippen LogP contribution in [0.2, 0.25) is 0 Å². The molecule has 8 nitrogen and oxygen atoms in total. The lowest BCUT2D eigenvalue weighted by Crippen LogP contribution is -2.31. The maximum absolute atomic E-state index is 12.4. The summed E-state index contributed by atoms with van der Waals surface area (Å²) in [6.45, 7) is 3.52. The minimum atomic E-state index is -0.376. The van der Waals surface area contributed by atoms with Gasteiger partial charge in [0.1, 0.15) is 5.82 Å². The van der Waals surface area contributed by atoms with E-state index < -0.39 is 0 Å². The van der Waals surface area contributed by atoms with Crippen LogP contribution >= 0.6 is 0 Å². The van der Waals surface area contributed by atoms with Crippen molar-refractivity contribution in [3.63, 3.8) is 0 Å². The number of hydrogen-bond acceptors (Lipinski definition) is 5. The van der Waals surface area contributed by atoms with Gasteiger partial charge in [-0.05, 0) is 37.6 Å². The summed E-state index contributed by atoms with van der Waals surface area (Å²) >= 11 is 0. The van der Waals surface area contributed by atoms with Gasteiger partial charge in [0.25, 0.3) is 0 Å². The van der Waals surface area contributed by atoms with Crippen LogP contribution in [0.4, 0.5) is 10.6 Å². The van der Waals surface area contributed by atoms with Crippen molar-refractivity contribution < 1.29 is 9.90 Å². The third-order valence-electron chi connectivity index (χ3n) is 4.78. The summed E-state index contributed by atoms with van der Waals surface area (Å²) < 4.78 is 1.71. The highest BCUT2D eigenvalue weighted by Crippen LogP contribution is 2.24. The minimum Gasteiger partial charge on any atom is -0.390 e. The van der Waals surface area contributed by atoms with Crippen LogP contribution in [0, 0.1) is 6.92 Å². The molecule has 0 radical (unpaired) electrons. The topological polar surface area (TPSA) is 105 Å². The Hall–Kier alpha value is -3.78. The lowest BCUT2D eigenvalue weighted by molar-refractivity contribution is 0.249. The molecular weight excluding hydrogens is 380 g/mol. The molecule has 4 rings (SSSR count). The summed E-state index contributed by atoms with van der Waals surface area (Å²) in [6.07, 6.45) is 3.39. The summed E-state index contributed by atoms with van der Waals surface area (Å²) in [6, 6.07) is 14.6. The largest absolute Gasteiger partial charge is 0.390 e. The van der Waals surface area contributed by atoms with Crippen molar-refractivity contribution in [3.8, 4) is 5.69 Å². The standard InChI is InChI=1S/C22H22N6O2/c1-14-10-18(8-9-23-14)28-21-17(12-24-28)11-20(26-19(21)13-29)27-22(30)25-15(2)16-6-4-3-5-7-16/h3-12,15,29H,13H2,1-2H3,(H2,25,26,27,30)/t15-/m1/s1. The molecule has 8 heteroatoms. The number of nitrogens with zero attached hydrogens (tertiary/aromatic N) is 4. The molecule has 3 N–H and O–H groups in total. The third kappa shape index (κ3) is 3.99. The Morgan fingerprint density at radius 2 is 2.00 bits per heavy atom. The molecule has 4 aromatic rings. The first kappa shape index (κ1) is 19.5. The van der Waals surface area contributed by atoms with E-state index in [9.17, 15) is 9.90 Å². The molecule has 0 unspecified atom stereocenters. The number of aromatic nitrogens is 4. The van der Waals surface area contributed by atoms with Gasteiger partial charge in [0.05, 0.1) is 35.7 Å². The number of aliphatic hydroxyl groups is 1. The van der Waals surface area contributed by atoms with E-state index in [1.54, 1.807) is 23.1 Å².